The van der Waals surface area contributed by atoms with Crippen LogP contribution in [0.5, 0.6) is 0 Å². The van der Waals surface area contributed by atoms with E-state index in [9.17, 15) is 4.79 Å². The van der Waals surface area contributed by atoms with E-state index in [0.717, 1.165) is 25.2 Å². The molecular formula is C12H20O. The van der Waals surface area contributed by atoms with Crippen LogP contribution in [-0.2, 0) is 4.79 Å². The van der Waals surface area contributed by atoms with Gasteiger partial charge in [-0.3, -0.25) is 4.79 Å². The molecule has 3 atom stereocenters. The highest BCUT2D eigenvalue weighted by molar-refractivity contribution is 5.79. The molecule has 0 aromatic carbocycles. The molecule has 74 valence electrons. The van der Waals surface area contributed by atoms with E-state index in [1.54, 1.807) is 0 Å². The fraction of sp³-hybridized carbons (Fsp3) is 0.917. The summed E-state index contributed by atoms with van der Waals surface area (Å²) < 4.78 is 0. The topological polar surface area (TPSA) is 17.1 Å². The van der Waals surface area contributed by atoms with Gasteiger partial charge < -0.3 is 0 Å². The van der Waals surface area contributed by atoms with Gasteiger partial charge in [-0.1, -0.05) is 26.7 Å². The summed E-state index contributed by atoms with van der Waals surface area (Å²) in [6.45, 7) is 4.74. The molecule has 1 heteroatoms. The molecule has 0 aliphatic heterocycles. The number of carbonyl (C=O) groups excluding carboxylic acids is 1. The van der Waals surface area contributed by atoms with Gasteiger partial charge in [0.25, 0.3) is 0 Å². The summed E-state index contributed by atoms with van der Waals surface area (Å²) in [7, 11) is 0. The zero-order valence-corrected chi connectivity index (χ0v) is 8.81. The lowest BCUT2D eigenvalue weighted by atomic mass is 9.57. The maximum atomic E-state index is 11.4. The van der Waals surface area contributed by atoms with Crippen LogP contribution in [0, 0.1) is 17.3 Å². The van der Waals surface area contributed by atoms with Crippen LogP contribution in [0.3, 0.4) is 0 Å². The van der Waals surface area contributed by atoms with E-state index < -0.39 is 0 Å². The molecule has 2 aliphatic carbocycles. The Hall–Kier alpha value is -0.330. The molecule has 0 spiro atoms. The van der Waals surface area contributed by atoms with Crippen molar-refractivity contribution in [2.75, 3.05) is 0 Å². The van der Waals surface area contributed by atoms with Gasteiger partial charge in [-0.15, -0.1) is 0 Å². The Morgan fingerprint density at radius 3 is 2.92 bits per heavy atom. The molecule has 2 rings (SSSR count). The Balaban J connectivity index is 2.17. The van der Waals surface area contributed by atoms with Crippen LogP contribution in [0.2, 0.25) is 0 Å². The van der Waals surface area contributed by atoms with Gasteiger partial charge in [0.1, 0.15) is 5.78 Å². The Kier molecular flexibility index (Phi) is 2.21. The molecule has 0 radical (unpaired) electrons. The Morgan fingerprint density at radius 2 is 2.15 bits per heavy atom. The third kappa shape index (κ3) is 1.53. The van der Waals surface area contributed by atoms with Crippen molar-refractivity contribution < 1.29 is 4.79 Å². The third-order valence-corrected chi connectivity index (χ3v) is 4.41. The zero-order valence-electron chi connectivity index (χ0n) is 8.81. The Morgan fingerprint density at radius 1 is 1.38 bits per heavy atom. The normalized spacial score (nSPS) is 45.8. The first kappa shape index (κ1) is 9.23. The highest BCUT2D eigenvalue weighted by Crippen LogP contribution is 2.51. The highest BCUT2D eigenvalue weighted by Gasteiger charge is 2.43. The lowest BCUT2D eigenvalue weighted by Gasteiger charge is -2.48. The molecule has 1 unspecified atom stereocenters. The van der Waals surface area contributed by atoms with E-state index in [-0.39, 0.29) is 0 Å². The fourth-order valence-corrected chi connectivity index (χ4v) is 3.43. The molecule has 2 saturated carbocycles. The molecule has 0 aromatic rings. The number of hydrogen-bond donors (Lipinski definition) is 0. The molecule has 13 heavy (non-hydrogen) atoms. The van der Waals surface area contributed by atoms with Gasteiger partial charge in [-0.25, -0.2) is 0 Å². The van der Waals surface area contributed by atoms with Gasteiger partial charge in [0.05, 0.1) is 0 Å². The van der Waals surface area contributed by atoms with Crippen molar-refractivity contribution in [2.45, 2.75) is 52.4 Å². The summed E-state index contributed by atoms with van der Waals surface area (Å²) in [5.74, 6) is 1.99. The highest BCUT2D eigenvalue weighted by atomic mass is 16.1. The van der Waals surface area contributed by atoms with E-state index in [1.807, 2.05) is 0 Å². The molecule has 0 heterocycles. The average Bonchev–Trinajstić information content (AvgIpc) is 2.08. The summed E-state index contributed by atoms with van der Waals surface area (Å²) in [5, 5.41) is 0. The summed E-state index contributed by atoms with van der Waals surface area (Å²) in [5.41, 5.74) is 0.506. The second kappa shape index (κ2) is 3.11. The van der Waals surface area contributed by atoms with Crippen molar-refractivity contribution in [3.63, 3.8) is 0 Å². The van der Waals surface area contributed by atoms with Crippen LogP contribution in [0.1, 0.15) is 52.4 Å². The minimum Gasteiger partial charge on any atom is -0.300 e. The summed E-state index contributed by atoms with van der Waals surface area (Å²) in [6.07, 6.45) is 6.95. The molecule has 2 fully saturated rings. The number of carbonyl (C=O) groups is 1. The quantitative estimate of drug-likeness (QED) is 0.559. The van der Waals surface area contributed by atoms with E-state index >= 15 is 0 Å². The molecule has 0 N–H and O–H groups in total. The van der Waals surface area contributed by atoms with Gasteiger partial charge in [0.15, 0.2) is 0 Å². The van der Waals surface area contributed by atoms with Crippen molar-refractivity contribution in [1.29, 1.82) is 0 Å². The van der Waals surface area contributed by atoms with Crippen molar-refractivity contribution in [2.24, 2.45) is 17.3 Å². The van der Waals surface area contributed by atoms with Crippen molar-refractivity contribution in [1.82, 2.24) is 0 Å². The van der Waals surface area contributed by atoms with E-state index in [2.05, 4.69) is 13.8 Å². The SMILES string of the molecule is C[C@@H]1CCC[C@]2(C)CCC(=O)CC12. The maximum absolute atomic E-state index is 11.4. The summed E-state index contributed by atoms with van der Waals surface area (Å²) >= 11 is 0. The summed E-state index contributed by atoms with van der Waals surface area (Å²) in [4.78, 5) is 11.4. The first-order valence-electron chi connectivity index (χ1n) is 5.63. The van der Waals surface area contributed by atoms with E-state index in [1.165, 1.54) is 19.3 Å². The number of Topliss-reactive ketones (excluding diaryl/α,β-unsaturated/α-hetero) is 1. The lowest BCUT2D eigenvalue weighted by Crippen LogP contribution is -2.41. The molecule has 1 nitrogen and oxygen atoms in total. The third-order valence-electron chi connectivity index (χ3n) is 4.41. The fourth-order valence-electron chi connectivity index (χ4n) is 3.43. The van der Waals surface area contributed by atoms with Crippen molar-refractivity contribution >= 4 is 5.78 Å². The number of fused-ring (bicyclic) bond motifs is 1. The van der Waals surface area contributed by atoms with Crippen LogP contribution in [0.15, 0.2) is 0 Å². The van der Waals surface area contributed by atoms with Crippen LogP contribution in [0.25, 0.3) is 0 Å². The molecule has 0 aromatic heterocycles. The van der Waals surface area contributed by atoms with Crippen LogP contribution >= 0.6 is 0 Å². The number of rotatable bonds is 0. The Bertz CT molecular complexity index is 221. The second-order valence-corrected chi connectivity index (χ2v) is 5.37. The number of hydrogen-bond acceptors (Lipinski definition) is 1. The van der Waals surface area contributed by atoms with Gasteiger partial charge in [0, 0.05) is 12.8 Å². The predicted molar refractivity (Wildman–Crippen MR) is 53.5 cm³/mol. The first-order valence-corrected chi connectivity index (χ1v) is 5.63. The molecular weight excluding hydrogens is 160 g/mol. The molecule has 0 saturated heterocycles. The van der Waals surface area contributed by atoms with E-state index in [4.69, 9.17) is 0 Å². The molecule has 2 aliphatic rings. The largest absolute Gasteiger partial charge is 0.300 e. The zero-order chi connectivity index (χ0) is 9.47. The monoisotopic (exact) mass is 180 g/mol. The van der Waals surface area contributed by atoms with Crippen LogP contribution in [0.4, 0.5) is 0 Å². The second-order valence-electron chi connectivity index (χ2n) is 5.37. The summed E-state index contributed by atoms with van der Waals surface area (Å²) in [6, 6.07) is 0. The number of ketones is 1. The standard InChI is InChI=1S/C12H20O/c1-9-4-3-6-12(2)7-5-10(13)8-11(9)12/h9,11H,3-8H2,1-2H3/t9-,11?,12-/m1/s1. The van der Waals surface area contributed by atoms with Crippen molar-refractivity contribution in [3.8, 4) is 0 Å². The lowest BCUT2D eigenvalue weighted by molar-refractivity contribution is -0.127. The van der Waals surface area contributed by atoms with Crippen LogP contribution in [-0.4, -0.2) is 5.78 Å². The van der Waals surface area contributed by atoms with Gasteiger partial charge >= 0.3 is 0 Å². The molecule has 0 bridgehead atoms. The van der Waals surface area contributed by atoms with Gasteiger partial charge in [-0.2, -0.15) is 0 Å². The molecule has 0 amide bonds. The minimum atomic E-state index is 0.506. The average molecular weight is 180 g/mol. The predicted octanol–water partition coefficient (Wildman–Crippen LogP) is 3.18. The maximum Gasteiger partial charge on any atom is 0.133 e. The van der Waals surface area contributed by atoms with Crippen LogP contribution < -0.4 is 0 Å². The minimum absolute atomic E-state index is 0.506. The van der Waals surface area contributed by atoms with Gasteiger partial charge in [-0.05, 0) is 30.1 Å². The first-order chi connectivity index (χ1) is 6.12. The Labute approximate surface area is 80.9 Å². The van der Waals surface area contributed by atoms with Crippen molar-refractivity contribution in [3.05, 3.63) is 0 Å². The van der Waals surface area contributed by atoms with Gasteiger partial charge in [0.2, 0.25) is 0 Å². The smallest absolute Gasteiger partial charge is 0.133 e. The van der Waals surface area contributed by atoms with E-state index in [0.29, 0.717) is 17.1 Å².